The fourth-order valence-electron chi connectivity index (χ4n) is 2.14. The third kappa shape index (κ3) is 3.24. The van der Waals surface area contributed by atoms with Gasteiger partial charge in [0.15, 0.2) is 0 Å². The summed E-state index contributed by atoms with van der Waals surface area (Å²) in [6.45, 7) is 0. The molecular formula is C14H21NO. The van der Waals surface area contributed by atoms with E-state index in [0.29, 0.717) is 6.04 Å². The molecule has 2 heteroatoms. The highest BCUT2D eigenvalue weighted by atomic mass is 16.5. The van der Waals surface area contributed by atoms with Gasteiger partial charge in [0.2, 0.25) is 0 Å². The van der Waals surface area contributed by atoms with Crippen molar-refractivity contribution in [1.82, 2.24) is 5.32 Å². The minimum atomic E-state index is 0.611. The maximum absolute atomic E-state index is 5.24. The quantitative estimate of drug-likeness (QED) is 0.794. The zero-order valence-corrected chi connectivity index (χ0v) is 10.2. The fraction of sp³-hybridized carbons (Fsp3) is 0.571. The molecule has 1 aliphatic carbocycles. The Morgan fingerprint density at radius 1 is 1.44 bits per heavy atom. The lowest BCUT2D eigenvalue weighted by Gasteiger charge is -2.16. The van der Waals surface area contributed by atoms with Gasteiger partial charge in [-0.3, -0.25) is 0 Å². The van der Waals surface area contributed by atoms with Crippen molar-refractivity contribution in [3.63, 3.8) is 0 Å². The summed E-state index contributed by atoms with van der Waals surface area (Å²) in [6, 6.07) is 8.99. The van der Waals surface area contributed by atoms with Gasteiger partial charge in [0.05, 0.1) is 7.11 Å². The standard InChI is InChI=1S/C14H21NO/c1-15-13(8-11-6-7-11)9-12-4-3-5-14(10-12)16-2/h3-5,10-11,13,15H,6-9H2,1-2H3. The van der Waals surface area contributed by atoms with Crippen LogP contribution in [0.2, 0.25) is 0 Å². The Kier molecular flexibility index (Phi) is 3.83. The van der Waals surface area contributed by atoms with Crippen LogP contribution in [0.15, 0.2) is 24.3 Å². The van der Waals surface area contributed by atoms with Crippen LogP contribution in [0.25, 0.3) is 0 Å². The third-order valence-electron chi connectivity index (χ3n) is 3.34. The predicted octanol–water partition coefficient (Wildman–Crippen LogP) is 2.63. The molecule has 16 heavy (non-hydrogen) atoms. The van der Waals surface area contributed by atoms with Crippen molar-refractivity contribution in [2.45, 2.75) is 31.7 Å². The van der Waals surface area contributed by atoms with E-state index in [2.05, 4.69) is 30.6 Å². The molecule has 1 unspecified atom stereocenters. The van der Waals surface area contributed by atoms with Crippen LogP contribution in [-0.2, 0) is 6.42 Å². The van der Waals surface area contributed by atoms with E-state index in [1.54, 1.807) is 7.11 Å². The Bertz CT molecular complexity index is 333. The van der Waals surface area contributed by atoms with Crippen molar-refractivity contribution in [3.8, 4) is 5.75 Å². The number of methoxy groups -OCH3 is 1. The predicted molar refractivity (Wildman–Crippen MR) is 66.9 cm³/mol. The number of nitrogens with one attached hydrogen (secondary N) is 1. The normalized spacial score (nSPS) is 17.1. The summed E-state index contributed by atoms with van der Waals surface area (Å²) >= 11 is 0. The molecule has 1 saturated carbocycles. The lowest BCUT2D eigenvalue weighted by Crippen LogP contribution is -2.28. The highest BCUT2D eigenvalue weighted by Crippen LogP contribution is 2.34. The number of rotatable bonds is 6. The van der Waals surface area contributed by atoms with Crippen molar-refractivity contribution in [1.29, 1.82) is 0 Å². The Labute approximate surface area is 98.0 Å². The molecule has 1 N–H and O–H groups in total. The van der Waals surface area contributed by atoms with E-state index in [1.807, 2.05) is 6.07 Å². The lowest BCUT2D eigenvalue weighted by atomic mass is 10.0. The summed E-state index contributed by atoms with van der Waals surface area (Å²) in [5, 5.41) is 3.42. The first-order chi connectivity index (χ1) is 7.81. The molecule has 0 saturated heterocycles. The molecule has 2 rings (SSSR count). The first-order valence-electron chi connectivity index (χ1n) is 6.12. The van der Waals surface area contributed by atoms with Crippen LogP contribution in [0.5, 0.6) is 5.75 Å². The van der Waals surface area contributed by atoms with E-state index in [0.717, 1.165) is 18.1 Å². The van der Waals surface area contributed by atoms with Gasteiger partial charge in [-0.15, -0.1) is 0 Å². The molecule has 0 heterocycles. The molecule has 0 amide bonds. The molecule has 0 aliphatic heterocycles. The van der Waals surface area contributed by atoms with Gasteiger partial charge in [0, 0.05) is 6.04 Å². The number of hydrogen-bond acceptors (Lipinski definition) is 2. The van der Waals surface area contributed by atoms with Crippen molar-refractivity contribution in [3.05, 3.63) is 29.8 Å². The summed E-state index contributed by atoms with van der Waals surface area (Å²) in [5.41, 5.74) is 1.36. The molecule has 0 spiro atoms. The van der Waals surface area contributed by atoms with Gasteiger partial charge in [-0.2, -0.15) is 0 Å². The highest BCUT2D eigenvalue weighted by molar-refractivity contribution is 5.28. The Morgan fingerprint density at radius 3 is 2.88 bits per heavy atom. The smallest absolute Gasteiger partial charge is 0.119 e. The van der Waals surface area contributed by atoms with Gasteiger partial charge in [-0.1, -0.05) is 25.0 Å². The SMILES string of the molecule is CNC(Cc1cccc(OC)c1)CC1CC1. The van der Waals surface area contributed by atoms with E-state index >= 15 is 0 Å². The van der Waals surface area contributed by atoms with Crippen LogP contribution >= 0.6 is 0 Å². The lowest BCUT2D eigenvalue weighted by molar-refractivity contribution is 0.413. The molecule has 1 aromatic rings. The first kappa shape index (κ1) is 11.5. The average molecular weight is 219 g/mol. The van der Waals surface area contributed by atoms with Crippen molar-refractivity contribution in [2.24, 2.45) is 5.92 Å². The molecule has 0 radical (unpaired) electrons. The number of benzene rings is 1. The third-order valence-corrected chi connectivity index (χ3v) is 3.34. The molecule has 1 fully saturated rings. The molecule has 2 nitrogen and oxygen atoms in total. The minimum Gasteiger partial charge on any atom is -0.497 e. The largest absolute Gasteiger partial charge is 0.497 e. The van der Waals surface area contributed by atoms with Gasteiger partial charge in [-0.05, 0) is 43.5 Å². The van der Waals surface area contributed by atoms with Gasteiger partial charge in [0.25, 0.3) is 0 Å². The van der Waals surface area contributed by atoms with E-state index in [9.17, 15) is 0 Å². The monoisotopic (exact) mass is 219 g/mol. The Hall–Kier alpha value is -1.02. The molecule has 88 valence electrons. The van der Waals surface area contributed by atoms with Crippen molar-refractivity contribution in [2.75, 3.05) is 14.2 Å². The van der Waals surface area contributed by atoms with Gasteiger partial charge < -0.3 is 10.1 Å². The summed E-state index contributed by atoms with van der Waals surface area (Å²) < 4.78 is 5.24. The Morgan fingerprint density at radius 2 is 2.25 bits per heavy atom. The molecular weight excluding hydrogens is 198 g/mol. The number of ether oxygens (including phenoxy) is 1. The second-order valence-electron chi connectivity index (χ2n) is 4.72. The summed E-state index contributed by atoms with van der Waals surface area (Å²) in [7, 11) is 3.78. The van der Waals surface area contributed by atoms with Gasteiger partial charge in [-0.25, -0.2) is 0 Å². The van der Waals surface area contributed by atoms with Crippen LogP contribution in [0.3, 0.4) is 0 Å². The summed E-state index contributed by atoms with van der Waals surface area (Å²) in [5.74, 6) is 1.93. The van der Waals surface area contributed by atoms with E-state index < -0.39 is 0 Å². The van der Waals surface area contributed by atoms with Crippen LogP contribution in [-0.4, -0.2) is 20.2 Å². The maximum atomic E-state index is 5.24. The highest BCUT2D eigenvalue weighted by Gasteiger charge is 2.24. The van der Waals surface area contributed by atoms with Gasteiger partial charge in [0.1, 0.15) is 5.75 Å². The zero-order valence-electron chi connectivity index (χ0n) is 10.2. The molecule has 1 aromatic carbocycles. The molecule has 1 atom stereocenters. The fourth-order valence-corrected chi connectivity index (χ4v) is 2.14. The van der Waals surface area contributed by atoms with Crippen LogP contribution in [0.4, 0.5) is 0 Å². The molecule has 0 bridgehead atoms. The van der Waals surface area contributed by atoms with E-state index in [1.165, 1.54) is 24.8 Å². The van der Waals surface area contributed by atoms with Gasteiger partial charge >= 0.3 is 0 Å². The Balaban J connectivity index is 1.94. The van der Waals surface area contributed by atoms with E-state index in [-0.39, 0.29) is 0 Å². The van der Waals surface area contributed by atoms with Crippen LogP contribution in [0.1, 0.15) is 24.8 Å². The van der Waals surface area contributed by atoms with E-state index in [4.69, 9.17) is 4.74 Å². The second kappa shape index (κ2) is 5.35. The molecule has 1 aliphatic rings. The average Bonchev–Trinajstić information content (AvgIpc) is 3.12. The maximum Gasteiger partial charge on any atom is 0.119 e. The molecule has 0 aromatic heterocycles. The summed E-state index contributed by atoms with van der Waals surface area (Å²) in [4.78, 5) is 0. The zero-order chi connectivity index (χ0) is 11.4. The number of likely N-dealkylation sites (N-methyl/N-ethyl adjacent to an activating group) is 1. The van der Waals surface area contributed by atoms with Crippen molar-refractivity contribution < 1.29 is 4.74 Å². The van der Waals surface area contributed by atoms with Crippen LogP contribution in [0, 0.1) is 5.92 Å². The van der Waals surface area contributed by atoms with Crippen molar-refractivity contribution >= 4 is 0 Å². The second-order valence-corrected chi connectivity index (χ2v) is 4.72. The minimum absolute atomic E-state index is 0.611. The topological polar surface area (TPSA) is 21.3 Å². The van der Waals surface area contributed by atoms with Crippen LogP contribution < -0.4 is 10.1 Å². The first-order valence-corrected chi connectivity index (χ1v) is 6.12. The summed E-state index contributed by atoms with van der Waals surface area (Å²) in [6.07, 6.45) is 5.27. The number of hydrogen-bond donors (Lipinski definition) is 1.